The predicted octanol–water partition coefficient (Wildman–Crippen LogP) is 1.89. The third-order valence-corrected chi connectivity index (χ3v) is 2.27. The maximum atomic E-state index is 12.4. The Balaban J connectivity index is 2.49. The Bertz CT molecular complexity index is 504. The van der Waals surface area contributed by atoms with Crippen molar-refractivity contribution >= 4 is 5.52 Å². The zero-order chi connectivity index (χ0) is 11.8. The van der Waals surface area contributed by atoms with Crippen molar-refractivity contribution in [2.24, 2.45) is 0 Å². The quantitative estimate of drug-likeness (QED) is 0.855. The van der Waals surface area contributed by atoms with Crippen molar-refractivity contribution in [2.75, 3.05) is 6.61 Å². The number of halogens is 3. The third kappa shape index (κ3) is 1.88. The lowest BCUT2D eigenvalue weighted by Crippen LogP contribution is -2.06. The molecule has 0 amide bonds. The molecule has 0 spiro atoms. The normalized spacial score (nSPS) is 12.2. The fourth-order valence-electron chi connectivity index (χ4n) is 1.52. The number of nitrogens with zero attached hydrogens (tertiary/aromatic N) is 2. The molecule has 86 valence electrons. The van der Waals surface area contributed by atoms with Gasteiger partial charge in [-0.05, 0) is 12.1 Å². The SMILES string of the molecule is OCCc1ncc2cc(C(F)(F)F)ccn12. The molecule has 0 atom stereocenters. The number of hydrogen-bond acceptors (Lipinski definition) is 2. The minimum atomic E-state index is -4.34. The number of aliphatic hydroxyl groups excluding tert-OH is 1. The molecule has 6 heteroatoms. The lowest BCUT2D eigenvalue weighted by molar-refractivity contribution is -0.137. The summed E-state index contributed by atoms with van der Waals surface area (Å²) in [5, 5.41) is 8.75. The van der Waals surface area contributed by atoms with Crippen molar-refractivity contribution in [3.63, 3.8) is 0 Å². The first-order valence-electron chi connectivity index (χ1n) is 4.66. The molecular weight excluding hydrogens is 221 g/mol. The molecule has 0 unspecified atom stereocenters. The van der Waals surface area contributed by atoms with Crippen LogP contribution in [0.4, 0.5) is 13.2 Å². The van der Waals surface area contributed by atoms with Crippen LogP contribution in [0, 0.1) is 0 Å². The molecule has 0 aromatic carbocycles. The zero-order valence-corrected chi connectivity index (χ0v) is 8.20. The Kier molecular flexibility index (Phi) is 2.59. The third-order valence-electron chi connectivity index (χ3n) is 2.27. The number of fused-ring (bicyclic) bond motifs is 1. The van der Waals surface area contributed by atoms with E-state index in [9.17, 15) is 13.2 Å². The Morgan fingerprint density at radius 2 is 2.12 bits per heavy atom. The highest BCUT2D eigenvalue weighted by Crippen LogP contribution is 2.29. The number of alkyl halides is 3. The summed E-state index contributed by atoms with van der Waals surface area (Å²) in [7, 11) is 0. The van der Waals surface area contributed by atoms with Gasteiger partial charge >= 0.3 is 6.18 Å². The molecule has 0 radical (unpaired) electrons. The van der Waals surface area contributed by atoms with Crippen LogP contribution < -0.4 is 0 Å². The number of imidazole rings is 1. The number of aliphatic hydroxyl groups is 1. The Morgan fingerprint density at radius 3 is 2.75 bits per heavy atom. The summed E-state index contributed by atoms with van der Waals surface area (Å²) in [6, 6.07) is 2.03. The first-order valence-corrected chi connectivity index (χ1v) is 4.66. The molecule has 2 heterocycles. The van der Waals surface area contributed by atoms with E-state index in [-0.39, 0.29) is 6.61 Å². The van der Waals surface area contributed by atoms with Crippen molar-refractivity contribution in [1.82, 2.24) is 9.38 Å². The van der Waals surface area contributed by atoms with Gasteiger partial charge < -0.3 is 9.51 Å². The summed E-state index contributed by atoms with van der Waals surface area (Å²) in [6.07, 6.45) is -1.35. The van der Waals surface area contributed by atoms with Crippen LogP contribution in [-0.2, 0) is 12.6 Å². The summed E-state index contributed by atoms with van der Waals surface area (Å²) < 4.78 is 38.7. The fourth-order valence-corrected chi connectivity index (χ4v) is 1.52. The summed E-state index contributed by atoms with van der Waals surface area (Å²) in [6.45, 7) is -0.0832. The molecule has 0 saturated heterocycles. The number of rotatable bonds is 2. The second-order valence-electron chi connectivity index (χ2n) is 3.36. The Labute approximate surface area is 89.2 Å². The van der Waals surface area contributed by atoms with Gasteiger partial charge in [0.2, 0.25) is 0 Å². The summed E-state index contributed by atoms with van der Waals surface area (Å²) >= 11 is 0. The van der Waals surface area contributed by atoms with Gasteiger partial charge in [0.1, 0.15) is 5.82 Å². The maximum Gasteiger partial charge on any atom is 0.416 e. The second kappa shape index (κ2) is 3.79. The molecule has 16 heavy (non-hydrogen) atoms. The van der Waals surface area contributed by atoms with Gasteiger partial charge in [0.25, 0.3) is 0 Å². The maximum absolute atomic E-state index is 12.4. The molecular formula is C10H9F3N2O. The molecule has 2 rings (SSSR count). The van der Waals surface area contributed by atoms with Crippen molar-refractivity contribution in [1.29, 1.82) is 0 Å². The van der Waals surface area contributed by atoms with Crippen molar-refractivity contribution in [3.8, 4) is 0 Å². The molecule has 0 aliphatic heterocycles. The Morgan fingerprint density at radius 1 is 1.38 bits per heavy atom. The van der Waals surface area contributed by atoms with Crippen LogP contribution in [0.3, 0.4) is 0 Å². The summed E-state index contributed by atoms with van der Waals surface area (Å²) in [4.78, 5) is 3.94. The van der Waals surface area contributed by atoms with E-state index in [0.717, 1.165) is 12.1 Å². The van der Waals surface area contributed by atoms with Gasteiger partial charge in [-0.25, -0.2) is 4.98 Å². The number of aromatic nitrogens is 2. The lowest BCUT2D eigenvalue weighted by atomic mass is 10.2. The zero-order valence-electron chi connectivity index (χ0n) is 8.20. The van der Waals surface area contributed by atoms with Gasteiger partial charge in [-0.2, -0.15) is 13.2 Å². The monoisotopic (exact) mass is 230 g/mol. The van der Waals surface area contributed by atoms with E-state index in [1.54, 1.807) is 0 Å². The average Bonchev–Trinajstić information content (AvgIpc) is 2.60. The van der Waals surface area contributed by atoms with E-state index in [2.05, 4.69) is 4.98 Å². The van der Waals surface area contributed by atoms with E-state index in [1.165, 1.54) is 16.8 Å². The molecule has 0 bridgehead atoms. The highest BCUT2D eigenvalue weighted by Gasteiger charge is 2.30. The lowest BCUT2D eigenvalue weighted by Gasteiger charge is -2.07. The molecule has 0 fully saturated rings. The van der Waals surface area contributed by atoms with Crippen LogP contribution >= 0.6 is 0 Å². The van der Waals surface area contributed by atoms with E-state index in [0.29, 0.717) is 17.8 Å². The largest absolute Gasteiger partial charge is 0.416 e. The second-order valence-corrected chi connectivity index (χ2v) is 3.36. The van der Waals surface area contributed by atoms with Gasteiger partial charge in [0, 0.05) is 12.6 Å². The highest BCUT2D eigenvalue weighted by molar-refractivity contribution is 5.49. The minimum absolute atomic E-state index is 0.0832. The highest BCUT2D eigenvalue weighted by atomic mass is 19.4. The van der Waals surface area contributed by atoms with Crippen LogP contribution in [0.15, 0.2) is 24.5 Å². The van der Waals surface area contributed by atoms with Gasteiger partial charge in [0.05, 0.1) is 23.9 Å². The predicted molar refractivity (Wildman–Crippen MR) is 51.0 cm³/mol. The van der Waals surface area contributed by atoms with E-state index in [1.807, 2.05) is 0 Å². The van der Waals surface area contributed by atoms with Crippen molar-refractivity contribution < 1.29 is 18.3 Å². The first kappa shape index (κ1) is 10.9. The fraction of sp³-hybridized carbons (Fsp3) is 0.300. The van der Waals surface area contributed by atoms with Crippen molar-refractivity contribution in [2.45, 2.75) is 12.6 Å². The topological polar surface area (TPSA) is 37.5 Å². The Hall–Kier alpha value is -1.56. The van der Waals surface area contributed by atoms with E-state index in [4.69, 9.17) is 5.11 Å². The molecule has 2 aromatic rings. The van der Waals surface area contributed by atoms with Gasteiger partial charge in [-0.3, -0.25) is 0 Å². The van der Waals surface area contributed by atoms with Crippen LogP contribution in [0.2, 0.25) is 0 Å². The molecule has 2 aromatic heterocycles. The number of pyridine rings is 1. The van der Waals surface area contributed by atoms with Gasteiger partial charge in [0.15, 0.2) is 0 Å². The molecule has 0 saturated carbocycles. The van der Waals surface area contributed by atoms with Crippen molar-refractivity contribution in [3.05, 3.63) is 35.9 Å². The first-order chi connectivity index (χ1) is 7.52. The standard InChI is InChI=1S/C10H9F3N2O/c11-10(12,13)7-1-3-15-8(5-7)6-14-9(15)2-4-16/h1,3,5-6,16H,2,4H2. The minimum Gasteiger partial charge on any atom is -0.396 e. The van der Waals surface area contributed by atoms with Crippen LogP contribution in [0.25, 0.3) is 5.52 Å². The summed E-state index contributed by atoms with van der Waals surface area (Å²) in [5.74, 6) is 0.547. The smallest absolute Gasteiger partial charge is 0.396 e. The van der Waals surface area contributed by atoms with E-state index >= 15 is 0 Å². The van der Waals surface area contributed by atoms with Gasteiger partial charge in [-0.1, -0.05) is 0 Å². The van der Waals surface area contributed by atoms with Gasteiger partial charge in [-0.15, -0.1) is 0 Å². The van der Waals surface area contributed by atoms with Crippen LogP contribution in [0.1, 0.15) is 11.4 Å². The van der Waals surface area contributed by atoms with Crippen LogP contribution in [-0.4, -0.2) is 21.1 Å². The molecule has 3 nitrogen and oxygen atoms in total. The van der Waals surface area contributed by atoms with E-state index < -0.39 is 11.7 Å². The average molecular weight is 230 g/mol. The molecule has 0 aliphatic carbocycles. The summed E-state index contributed by atoms with van der Waals surface area (Å²) in [5.41, 5.74) is -0.325. The molecule has 1 N–H and O–H groups in total. The number of hydrogen-bond donors (Lipinski definition) is 1. The molecule has 0 aliphatic rings. The van der Waals surface area contributed by atoms with Crippen LogP contribution in [0.5, 0.6) is 0 Å².